The number of ether oxygens (including phenoxy) is 1. The lowest BCUT2D eigenvalue weighted by atomic mass is 10.2. The van der Waals surface area contributed by atoms with Gasteiger partial charge in [-0.2, -0.15) is 5.10 Å². The van der Waals surface area contributed by atoms with E-state index in [0.29, 0.717) is 13.0 Å². The summed E-state index contributed by atoms with van der Waals surface area (Å²) in [5.74, 6) is 1.70. The Bertz CT molecular complexity index is 733. The Labute approximate surface area is 118 Å². The molecule has 1 aromatic carbocycles. The van der Waals surface area contributed by atoms with E-state index in [1.165, 1.54) is 11.1 Å². The summed E-state index contributed by atoms with van der Waals surface area (Å²) >= 11 is 0. The monoisotopic (exact) mass is 267 g/mol. The van der Waals surface area contributed by atoms with Crippen molar-refractivity contribution in [2.24, 2.45) is 0 Å². The molecule has 4 nitrogen and oxygen atoms in total. The molecule has 0 saturated carbocycles. The third-order valence-corrected chi connectivity index (χ3v) is 3.11. The molecule has 3 aromatic rings. The van der Waals surface area contributed by atoms with Crippen molar-refractivity contribution in [2.75, 3.05) is 6.61 Å². The first kappa shape index (κ1) is 12.7. The van der Waals surface area contributed by atoms with Gasteiger partial charge in [-0.25, -0.2) is 9.50 Å². The van der Waals surface area contributed by atoms with Gasteiger partial charge >= 0.3 is 0 Å². The van der Waals surface area contributed by atoms with Crippen molar-refractivity contribution in [3.63, 3.8) is 0 Å². The van der Waals surface area contributed by atoms with E-state index in [4.69, 9.17) is 4.74 Å². The first-order valence-corrected chi connectivity index (χ1v) is 6.72. The molecule has 0 aliphatic rings. The summed E-state index contributed by atoms with van der Waals surface area (Å²) in [6.07, 6.45) is 2.68. The maximum Gasteiger partial charge on any atom is 0.155 e. The van der Waals surface area contributed by atoms with E-state index < -0.39 is 0 Å². The zero-order valence-electron chi connectivity index (χ0n) is 11.7. The van der Waals surface area contributed by atoms with Gasteiger partial charge in [-0.15, -0.1) is 0 Å². The number of benzene rings is 1. The number of aryl methyl sites for hydroxylation is 2. The van der Waals surface area contributed by atoms with Crippen molar-refractivity contribution in [3.05, 3.63) is 59.5 Å². The maximum atomic E-state index is 5.72. The fourth-order valence-electron chi connectivity index (χ4n) is 2.10. The van der Waals surface area contributed by atoms with Crippen LogP contribution in [-0.4, -0.2) is 21.2 Å². The summed E-state index contributed by atoms with van der Waals surface area (Å²) in [6.45, 7) is 4.68. The van der Waals surface area contributed by atoms with Crippen LogP contribution in [0.2, 0.25) is 0 Å². The molecule has 0 N–H and O–H groups in total. The first-order valence-electron chi connectivity index (χ1n) is 6.72. The van der Waals surface area contributed by atoms with Crippen LogP contribution in [0, 0.1) is 13.8 Å². The Hall–Kier alpha value is -2.36. The second kappa shape index (κ2) is 5.33. The van der Waals surface area contributed by atoms with Gasteiger partial charge in [0.1, 0.15) is 5.75 Å². The van der Waals surface area contributed by atoms with Gasteiger partial charge in [0, 0.05) is 12.6 Å². The lowest BCUT2D eigenvalue weighted by molar-refractivity contribution is 0.319. The molecule has 0 amide bonds. The minimum absolute atomic E-state index is 0.583. The summed E-state index contributed by atoms with van der Waals surface area (Å²) in [4.78, 5) is 4.47. The highest BCUT2D eigenvalue weighted by Gasteiger charge is 2.04. The average Bonchev–Trinajstić information content (AvgIpc) is 2.80. The van der Waals surface area contributed by atoms with Crippen molar-refractivity contribution in [1.82, 2.24) is 14.6 Å². The van der Waals surface area contributed by atoms with Gasteiger partial charge < -0.3 is 4.74 Å². The van der Waals surface area contributed by atoms with Gasteiger partial charge in [0.15, 0.2) is 11.5 Å². The fourth-order valence-corrected chi connectivity index (χ4v) is 2.10. The van der Waals surface area contributed by atoms with Crippen molar-refractivity contribution in [3.8, 4) is 5.75 Å². The van der Waals surface area contributed by atoms with Crippen LogP contribution in [0.1, 0.15) is 17.0 Å². The Morgan fingerprint density at radius 1 is 1.10 bits per heavy atom. The van der Waals surface area contributed by atoms with Gasteiger partial charge in [0.05, 0.1) is 6.61 Å². The van der Waals surface area contributed by atoms with Crippen LogP contribution in [-0.2, 0) is 6.42 Å². The van der Waals surface area contributed by atoms with Crippen molar-refractivity contribution < 1.29 is 4.74 Å². The van der Waals surface area contributed by atoms with E-state index in [9.17, 15) is 0 Å². The summed E-state index contributed by atoms with van der Waals surface area (Å²) in [5.41, 5.74) is 3.25. The van der Waals surface area contributed by atoms with E-state index in [-0.39, 0.29) is 0 Å². The summed E-state index contributed by atoms with van der Waals surface area (Å²) in [7, 11) is 0. The van der Waals surface area contributed by atoms with Crippen LogP contribution >= 0.6 is 0 Å². The van der Waals surface area contributed by atoms with E-state index in [2.05, 4.69) is 23.1 Å². The number of hydrogen-bond acceptors (Lipinski definition) is 3. The predicted molar refractivity (Wildman–Crippen MR) is 78.1 cm³/mol. The molecule has 102 valence electrons. The molecule has 0 spiro atoms. The Morgan fingerprint density at radius 3 is 2.85 bits per heavy atom. The number of fused-ring (bicyclic) bond motifs is 1. The molecule has 0 aliphatic carbocycles. The zero-order valence-corrected chi connectivity index (χ0v) is 11.7. The molecular weight excluding hydrogens is 250 g/mol. The van der Waals surface area contributed by atoms with Crippen LogP contribution in [0.15, 0.2) is 42.6 Å². The quantitative estimate of drug-likeness (QED) is 0.729. The lowest BCUT2D eigenvalue weighted by Crippen LogP contribution is -2.03. The molecule has 0 saturated heterocycles. The topological polar surface area (TPSA) is 39.4 Å². The second-order valence-electron chi connectivity index (χ2n) is 4.95. The van der Waals surface area contributed by atoms with Gasteiger partial charge in [-0.05, 0) is 43.2 Å². The van der Waals surface area contributed by atoms with Crippen LogP contribution in [0.3, 0.4) is 0 Å². The molecule has 0 aliphatic heterocycles. The third-order valence-electron chi connectivity index (χ3n) is 3.11. The van der Waals surface area contributed by atoms with Crippen molar-refractivity contribution in [1.29, 1.82) is 0 Å². The normalized spacial score (nSPS) is 10.9. The van der Waals surface area contributed by atoms with Gasteiger partial charge in [0.2, 0.25) is 0 Å². The standard InChI is InChI=1S/C16H17N3O/c1-12-4-3-5-14(10-12)20-9-8-15-17-16-7-6-13(2)11-19(16)18-15/h3-7,10-11H,8-9H2,1-2H3. The molecule has 0 unspecified atom stereocenters. The smallest absolute Gasteiger partial charge is 0.155 e. The Morgan fingerprint density at radius 2 is 2.00 bits per heavy atom. The van der Waals surface area contributed by atoms with E-state index >= 15 is 0 Å². The summed E-state index contributed by atoms with van der Waals surface area (Å²) in [6, 6.07) is 12.1. The van der Waals surface area contributed by atoms with Crippen molar-refractivity contribution in [2.45, 2.75) is 20.3 Å². The van der Waals surface area contributed by atoms with Gasteiger partial charge in [-0.1, -0.05) is 18.2 Å². The number of aromatic nitrogens is 3. The maximum absolute atomic E-state index is 5.72. The molecule has 0 fully saturated rings. The lowest BCUT2D eigenvalue weighted by Gasteiger charge is -2.04. The minimum atomic E-state index is 0.583. The summed E-state index contributed by atoms with van der Waals surface area (Å²) < 4.78 is 7.54. The van der Waals surface area contributed by atoms with Crippen LogP contribution < -0.4 is 4.74 Å². The molecule has 2 heterocycles. The largest absolute Gasteiger partial charge is 0.493 e. The second-order valence-corrected chi connectivity index (χ2v) is 4.95. The fraction of sp³-hybridized carbons (Fsp3) is 0.250. The first-order chi connectivity index (χ1) is 9.70. The predicted octanol–water partition coefficient (Wildman–Crippen LogP) is 2.97. The zero-order chi connectivity index (χ0) is 13.9. The highest BCUT2D eigenvalue weighted by atomic mass is 16.5. The number of pyridine rings is 1. The van der Waals surface area contributed by atoms with Crippen molar-refractivity contribution >= 4 is 5.65 Å². The van der Waals surface area contributed by atoms with E-state index in [1.54, 1.807) is 0 Å². The molecule has 4 heteroatoms. The van der Waals surface area contributed by atoms with Crippen LogP contribution in [0.4, 0.5) is 0 Å². The molecule has 0 atom stereocenters. The highest BCUT2D eigenvalue weighted by molar-refractivity contribution is 5.38. The van der Waals surface area contributed by atoms with Gasteiger partial charge in [-0.3, -0.25) is 0 Å². The SMILES string of the molecule is Cc1cccc(OCCc2nc3ccc(C)cn3n2)c1. The average molecular weight is 267 g/mol. The Balaban J connectivity index is 1.65. The Kier molecular flexibility index (Phi) is 3.37. The summed E-state index contributed by atoms with van der Waals surface area (Å²) in [5, 5.41) is 4.45. The molecule has 3 rings (SSSR count). The molecule has 20 heavy (non-hydrogen) atoms. The number of nitrogens with zero attached hydrogens (tertiary/aromatic N) is 3. The molecule has 0 bridgehead atoms. The highest BCUT2D eigenvalue weighted by Crippen LogP contribution is 2.12. The van der Waals surface area contributed by atoms with E-state index in [0.717, 1.165) is 17.2 Å². The van der Waals surface area contributed by atoms with E-state index in [1.807, 2.05) is 48.0 Å². The number of hydrogen-bond donors (Lipinski definition) is 0. The van der Waals surface area contributed by atoms with Crippen LogP contribution in [0.25, 0.3) is 5.65 Å². The van der Waals surface area contributed by atoms with Crippen LogP contribution in [0.5, 0.6) is 5.75 Å². The minimum Gasteiger partial charge on any atom is -0.493 e. The number of rotatable bonds is 4. The molecule has 2 aromatic heterocycles. The van der Waals surface area contributed by atoms with Gasteiger partial charge in [0.25, 0.3) is 0 Å². The molecular formula is C16H17N3O. The third kappa shape index (κ3) is 2.79. The molecule has 0 radical (unpaired) electrons.